The standard InChI is InChI=1S/C38H53N11O7/c1-38(2,56)30-20-42-47-49(30)25-18-29(35(53)44-27(32(50)33(39)51)13-6-7-16-40-37(55)43-24-14-15-24)48(21-25)36(54)28(17-22-9-4-3-5-10-22)45-34(52)26-12-8-11-23-19-41-46-31(23)26/h8,11-12,19-20,22,24-25,27-29,56H,3-7,9-10,13-18,21H2,1-2H3,(H2,39,51)(H,41,46)(H,44,53)(H,45,52)(H2,40,43,55)/t25-,27?,28?,29-/m0/s1. The molecule has 3 aromatic rings. The van der Waals surface area contributed by atoms with Crippen LogP contribution in [0, 0.1) is 5.92 Å². The van der Waals surface area contributed by atoms with Crippen LogP contribution in [0.15, 0.2) is 30.6 Å². The molecule has 8 N–H and O–H groups in total. The topological polar surface area (TPSA) is 259 Å². The van der Waals surface area contributed by atoms with Crippen molar-refractivity contribution >= 4 is 46.3 Å². The summed E-state index contributed by atoms with van der Waals surface area (Å²) < 4.78 is 1.50. The Morgan fingerprint density at radius 3 is 2.48 bits per heavy atom. The van der Waals surface area contributed by atoms with Crippen LogP contribution in [0.5, 0.6) is 0 Å². The first-order valence-corrected chi connectivity index (χ1v) is 19.6. The van der Waals surface area contributed by atoms with Gasteiger partial charge in [0, 0.05) is 30.9 Å². The van der Waals surface area contributed by atoms with Crippen LogP contribution in [0.1, 0.15) is 113 Å². The zero-order chi connectivity index (χ0) is 40.0. The number of carbonyl (C=O) groups is 6. The van der Waals surface area contributed by atoms with E-state index in [-0.39, 0.29) is 37.4 Å². The molecule has 2 aromatic heterocycles. The molecule has 3 heterocycles. The number of likely N-dealkylation sites (tertiary alicyclic amines) is 1. The summed E-state index contributed by atoms with van der Waals surface area (Å²) in [5.41, 5.74) is 5.27. The minimum atomic E-state index is -1.35. The van der Waals surface area contributed by atoms with E-state index in [0.717, 1.165) is 50.3 Å². The molecular weight excluding hydrogens is 722 g/mol. The smallest absolute Gasteiger partial charge is 0.315 e. The molecule has 18 nitrogen and oxygen atoms in total. The number of urea groups is 1. The molecule has 3 fully saturated rings. The molecule has 6 amide bonds. The zero-order valence-corrected chi connectivity index (χ0v) is 32.0. The minimum absolute atomic E-state index is 0.0143. The van der Waals surface area contributed by atoms with E-state index in [9.17, 15) is 33.9 Å². The predicted molar refractivity (Wildman–Crippen MR) is 203 cm³/mol. The molecule has 18 heteroatoms. The highest BCUT2D eigenvalue weighted by Crippen LogP contribution is 2.34. The van der Waals surface area contributed by atoms with E-state index < -0.39 is 59.2 Å². The molecule has 6 rings (SSSR count). The second kappa shape index (κ2) is 17.6. The number of hydrogen-bond acceptors (Lipinski definition) is 10. The number of rotatable bonds is 17. The molecule has 0 bridgehead atoms. The fraction of sp³-hybridized carbons (Fsp3) is 0.605. The number of hydrogen-bond donors (Lipinski definition) is 7. The van der Waals surface area contributed by atoms with Crippen molar-refractivity contribution in [3.8, 4) is 0 Å². The van der Waals surface area contributed by atoms with Crippen LogP contribution < -0.4 is 27.0 Å². The number of ketones is 1. The highest BCUT2D eigenvalue weighted by molar-refractivity contribution is 6.37. The summed E-state index contributed by atoms with van der Waals surface area (Å²) in [5.74, 6) is -3.68. The summed E-state index contributed by atoms with van der Waals surface area (Å²) in [4.78, 5) is 81.6. The van der Waals surface area contributed by atoms with E-state index in [0.29, 0.717) is 42.6 Å². The maximum absolute atomic E-state index is 14.8. The zero-order valence-electron chi connectivity index (χ0n) is 32.0. The van der Waals surface area contributed by atoms with Gasteiger partial charge in [-0.25, -0.2) is 9.48 Å². The highest BCUT2D eigenvalue weighted by Gasteiger charge is 2.45. The number of nitrogens with one attached hydrogen (secondary N) is 5. The van der Waals surface area contributed by atoms with Crippen LogP contribution in [0.4, 0.5) is 4.79 Å². The number of aromatic amines is 1. The summed E-state index contributed by atoms with van der Waals surface area (Å²) >= 11 is 0. The molecular formula is C38H53N11O7. The molecule has 0 radical (unpaired) electrons. The van der Waals surface area contributed by atoms with E-state index in [2.05, 4.69) is 41.8 Å². The number of Topliss-reactive ketones (excluding diaryl/α,β-unsaturated/α-hetero) is 1. The molecule has 2 unspecified atom stereocenters. The van der Waals surface area contributed by atoms with Gasteiger partial charge in [0.15, 0.2) is 0 Å². The molecule has 4 atom stereocenters. The van der Waals surface area contributed by atoms with Crippen molar-refractivity contribution in [2.75, 3.05) is 13.1 Å². The Hall–Kier alpha value is -5.39. The van der Waals surface area contributed by atoms with Crippen molar-refractivity contribution in [1.82, 2.24) is 51.4 Å². The summed E-state index contributed by atoms with van der Waals surface area (Å²) in [6.45, 7) is 3.46. The van der Waals surface area contributed by atoms with E-state index in [4.69, 9.17) is 5.73 Å². The Kier molecular flexibility index (Phi) is 12.7. The van der Waals surface area contributed by atoms with Gasteiger partial charge < -0.3 is 37.0 Å². The van der Waals surface area contributed by atoms with E-state index in [1.807, 2.05) is 6.07 Å². The fourth-order valence-corrected chi connectivity index (χ4v) is 7.85. The molecule has 1 saturated heterocycles. The molecule has 2 aliphatic carbocycles. The summed E-state index contributed by atoms with van der Waals surface area (Å²) in [7, 11) is 0. The maximum Gasteiger partial charge on any atom is 0.315 e. The fourth-order valence-electron chi connectivity index (χ4n) is 7.85. The Labute approximate surface area is 324 Å². The third-order valence-electron chi connectivity index (χ3n) is 11.0. The van der Waals surface area contributed by atoms with Gasteiger partial charge in [0.2, 0.25) is 17.6 Å². The molecule has 1 aliphatic heterocycles. The average Bonchev–Trinajstić information content (AvgIpc) is 3.53. The lowest BCUT2D eigenvalue weighted by Crippen LogP contribution is -2.56. The second-order valence-electron chi connectivity index (χ2n) is 15.9. The number of H-pyrrole nitrogens is 1. The third-order valence-corrected chi connectivity index (χ3v) is 11.0. The number of para-hydroxylation sites is 1. The average molecular weight is 776 g/mol. The van der Waals surface area contributed by atoms with Gasteiger partial charge >= 0.3 is 6.03 Å². The minimum Gasteiger partial charge on any atom is -0.384 e. The first-order valence-electron chi connectivity index (χ1n) is 19.6. The molecule has 2 saturated carbocycles. The van der Waals surface area contributed by atoms with Gasteiger partial charge in [-0.1, -0.05) is 49.5 Å². The number of amides is 6. The van der Waals surface area contributed by atoms with Gasteiger partial charge in [-0.3, -0.25) is 29.1 Å². The van der Waals surface area contributed by atoms with Crippen molar-refractivity contribution in [1.29, 1.82) is 0 Å². The summed E-state index contributed by atoms with van der Waals surface area (Å²) in [6.07, 6.45) is 11.1. The maximum atomic E-state index is 14.8. The Balaban J connectivity index is 1.24. The van der Waals surface area contributed by atoms with Crippen LogP contribution in [0.2, 0.25) is 0 Å². The third kappa shape index (κ3) is 9.88. The van der Waals surface area contributed by atoms with Crippen molar-refractivity contribution < 1.29 is 33.9 Å². The van der Waals surface area contributed by atoms with E-state index in [1.165, 1.54) is 15.8 Å². The number of fused-ring (bicyclic) bond motifs is 1. The second-order valence-corrected chi connectivity index (χ2v) is 15.9. The Bertz CT molecular complexity index is 1910. The quantitative estimate of drug-likeness (QED) is 0.0767. The molecule has 0 spiro atoms. The van der Waals surface area contributed by atoms with Crippen LogP contribution in [-0.4, -0.2) is 108 Å². The lowest BCUT2D eigenvalue weighted by atomic mass is 9.84. The number of aliphatic hydroxyl groups is 1. The highest BCUT2D eigenvalue weighted by atomic mass is 16.3. The van der Waals surface area contributed by atoms with Crippen molar-refractivity contribution in [3.05, 3.63) is 41.9 Å². The van der Waals surface area contributed by atoms with Gasteiger partial charge in [0.05, 0.1) is 41.3 Å². The van der Waals surface area contributed by atoms with Gasteiger partial charge in [-0.2, -0.15) is 5.10 Å². The van der Waals surface area contributed by atoms with Crippen LogP contribution in [-0.2, 0) is 24.8 Å². The number of unbranched alkanes of at least 4 members (excludes halogenated alkanes) is 1. The normalized spacial score (nSPS) is 19.9. The lowest BCUT2D eigenvalue weighted by Gasteiger charge is -2.32. The number of benzene rings is 1. The first kappa shape index (κ1) is 40.3. The number of primary amides is 1. The lowest BCUT2D eigenvalue weighted by molar-refractivity contribution is -0.142. The van der Waals surface area contributed by atoms with Crippen LogP contribution in [0.25, 0.3) is 10.9 Å². The number of aromatic nitrogens is 5. The molecule has 1 aromatic carbocycles. The summed E-state index contributed by atoms with van der Waals surface area (Å²) in [6, 6.07) is 1.09. The van der Waals surface area contributed by atoms with Gasteiger partial charge in [-0.15, -0.1) is 5.10 Å². The number of nitrogens with zero attached hydrogens (tertiary/aromatic N) is 5. The SMILES string of the molecule is CC(C)(O)c1cnnn1[C@H]1C[C@@H](C(=O)NC(CCCCNC(=O)NC2CC2)C(=O)C(N)=O)N(C(=O)C(CC2CCCCC2)NC(=O)c2cccc3cn[nH]c23)C1. The van der Waals surface area contributed by atoms with Crippen LogP contribution in [0.3, 0.4) is 0 Å². The van der Waals surface area contributed by atoms with Gasteiger partial charge in [0.1, 0.15) is 17.7 Å². The van der Waals surface area contributed by atoms with Gasteiger partial charge in [-0.05, 0) is 64.4 Å². The Morgan fingerprint density at radius 1 is 1.00 bits per heavy atom. The number of carbonyl (C=O) groups excluding carboxylic acids is 6. The molecule has 56 heavy (non-hydrogen) atoms. The predicted octanol–water partition coefficient (Wildman–Crippen LogP) is 1.46. The van der Waals surface area contributed by atoms with Crippen molar-refractivity contribution in [3.63, 3.8) is 0 Å². The summed E-state index contributed by atoms with van der Waals surface area (Å²) in [5, 5.41) is 38.1. The van der Waals surface area contributed by atoms with Crippen molar-refractivity contribution in [2.45, 2.75) is 127 Å². The number of nitrogens with two attached hydrogens (primary N) is 1. The van der Waals surface area contributed by atoms with Crippen molar-refractivity contribution in [2.24, 2.45) is 11.7 Å². The molecule has 3 aliphatic rings. The van der Waals surface area contributed by atoms with E-state index in [1.54, 1.807) is 32.2 Å². The Morgan fingerprint density at radius 2 is 1.77 bits per heavy atom. The molecule has 302 valence electrons. The van der Waals surface area contributed by atoms with Crippen LogP contribution >= 0.6 is 0 Å². The first-order chi connectivity index (χ1) is 26.8. The van der Waals surface area contributed by atoms with E-state index >= 15 is 0 Å². The monoisotopic (exact) mass is 775 g/mol. The largest absolute Gasteiger partial charge is 0.384 e. The van der Waals surface area contributed by atoms with Gasteiger partial charge in [0.25, 0.3) is 11.8 Å².